The minimum Gasteiger partial charge on any atom is -0.432 e. The molecule has 0 aromatic heterocycles. The van der Waals surface area contributed by atoms with Crippen LogP contribution in [0.4, 0.5) is 4.79 Å². The maximum Gasteiger partial charge on any atom is 0.508 e. The number of cyclic esters (lactones) is 2. The molecule has 1 fully saturated rings. The number of carbonyl (C=O) groups excluding carboxylic acids is 1. The number of ether oxygens (including phenoxy) is 2. The third-order valence-corrected chi connectivity index (χ3v) is 3.96. The van der Waals surface area contributed by atoms with Gasteiger partial charge in [-0.1, -0.05) is 64.7 Å². The molecule has 1 saturated heterocycles. The molecule has 0 aliphatic carbocycles. The first-order valence-corrected chi connectivity index (χ1v) is 8.33. The first-order valence-electron chi connectivity index (χ1n) is 8.33. The Balaban J connectivity index is 1.88. The minimum atomic E-state index is -0.566. The van der Waals surface area contributed by atoms with Gasteiger partial charge < -0.3 is 15.2 Å². The highest BCUT2D eigenvalue weighted by atomic mass is 16.7. The summed E-state index contributed by atoms with van der Waals surface area (Å²) in [6, 6.07) is -0.161. The Morgan fingerprint density at radius 2 is 1.55 bits per heavy atom. The SMILES string of the molecule is CCCCCCCCCCCCC1OC(=O)OCC1N. The van der Waals surface area contributed by atoms with E-state index in [-0.39, 0.29) is 12.1 Å². The van der Waals surface area contributed by atoms with Crippen molar-refractivity contribution in [1.29, 1.82) is 0 Å². The van der Waals surface area contributed by atoms with Crippen molar-refractivity contribution in [2.45, 2.75) is 89.7 Å². The molecule has 0 bridgehead atoms. The monoisotopic (exact) mass is 285 g/mol. The van der Waals surface area contributed by atoms with Crippen LogP contribution in [0.1, 0.15) is 77.6 Å². The Morgan fingerprint density at radius 3 is 2.15 bits per heavy atom. The zero-order valence-electron chi connectivity index (χ0n) is 12.9. The van der Waals surface area contributed by atoms with Crippen LogP contribution in [0, 0.1) is 0 Å². The Morgan fingerprint density at radius 1 is 1.00 bits per heavy atom. The molecule has 118 valence electrons. The molecule has 2 N–H and O–H groups in total. The van der Waals surface area contributed by atoms with Gasteiger partial charge in [-0.25, -0.2) is 4.79 Å². The van der Waals surface area contributed by atoms with E-state index < -0.39 is 6.16 Å². The molecule has 0 radical (unpaired) electrons. The van der Waals surface area contributed by atoms with Crippen LogP contribution in [0.2, 0.25) is 0 Å². The molecule has 2 atom stereocenters. The first kappa shape index (κ1) is 17.3. The first-order chi connectivity index (χ1) is 9.74. The van der Waals surface area contributed by atoms with Crippen molar-refractivity contribution in [3.05, 3.63) is 0 Å². The molecule has 1 rings (SSSR count). The average Bonchev–Trinajstić information content (AvgIpc) is 2.44. The average molecular weight is 285 g/mol. The lowest BCUT2D eigenvalue weighted by Crippen LogP contribution is -2.46. The second-order valence-corrected chi connectivity index (χ2v) is 5.85. The molecule has 4 heteroatoms. The van der Waals surface area contributed by atoms with Crippen LogP contribution >= 0.6 is 0 Å². The molecular weight excluding hydrogens is 254 g/mol. The van der Waals surface area contributed by atoms with Gasteiger partial charge in [0, 0.05) is 0 Å². The lowest BCUT2D eigenvalue weighted by Gasteiger charge is -2.27. The van der Waals surface area contributed by atoms with Gasteiger partial charge in [0.1, 0.15) is 12.7 Å². The van der Waals surface area contributed by atoms with E-state index in [1.165, 1.54) is 57.8 Å². The van der Waals surface area contributed by atoms with Gasteiger partial charge in [-0.05, 0) is 12.8 Å². The second-order valence-electron chi connectivity index (χ2n) is 5.85. The standard InChI is InChI=1S/C16H31NO3/c1-2-3-4-5-6-7-8-9-10-11-12-15-14(17)13-19-16(18)20-15/h14-15H,2-13,17H2,1H3. The molecule has 1 aliphatic heterocycles. The van der Waals surface area contributed by atoms with E-state index >= 15 is 0 Å². The van der Waals surface area contributed by atoms with Gasteiger partial charge in [-0.15, -0.1) is 0 Å². The summed E-state index contributed by atoms with van der Waals surface area (Å²) in [6.45, 7) is 2.54. The van der Waals surface area contributed by atoms with Crippen molar-refractivity contribution < 1.29 is 14.3 Å². The highest BCUT2D eigenvalue weighted by molar-refractivity contribution is 5.61. The van der Waals surface area contributed by atoms with Crippen LogP contribution in [0.3, 0.4) is 0 Å². The van der Waals surface area contributed by atoms with Crippen LogP contribution in [-0.4, -0.2) is 24.9 Å². The topological polar surface area (TPSA) is 61.5 Å². The largest absolute Gasteiger partial charge is 0.508 e. The maximum atomic E-state index is 11.0. The number of unbranched alkanes of at least 4 members (excludes halogenated alkanes) is 9. The fraction of sp³-hybridized carbons (Fsp3) is 0.938. The summed E-state index contributed by atoms with van der Waals surface area (Å²) in [5, 5.41) is 0. The van der Waals surface area contributed by atoms with E-state index in [2.05, 4.69) is 6.92 Å². The summed E-state index contributed by atoms with van der Waals surface area (Å²) in [7, 11) is 0. The normalized spacial score (nSPS) is 22.4. The van der Waals surface area contributed by atoms with Crippen LogP contribution in [-0.2, 0) is 9.47 Å². The third kappa shape index (κ3) is 7.73. The summed E-state index contributed by atoms with van der Waals surface area (Å²) < 4.78 is 9.83. The van der Waals surface area contributed by atoms with Crippen molar-refractivity contribution >= 4 is 6.16 Å². The predicted molar refractivity (Wildman–Crippen MR) is 80.7 cm³/mol. The molecule has 0 aromatic rings. The van der Waals surface area contributed by atoms with Crippen molar-refractivity contribution in [2.75, 3.05) is 6.61 Å². The Bertz CT molecular complexity index is 258. The van der Waals surface area contributed by atoms with Gasteiger partial charge in [0.05, 0.1) is 6.04 Å². The van der Waals surface area contributed by atoms with Crippen LogP contribution in [0.15, 0.2) is 0 Å². The van der Waals surface area contributed by atoms with E-state index in [1.807, 2.05) is 0 Å². The van der Waals surface area contributed by atoms with Crippen molar-refractivity contribution in [2.24, 2.45) is 5.73 Å². The molecule has 4 nitrogen and oxygen atoms in total. The fourth-order valence-corrected chi connectivity index (χ4v) is 2.62. The molecular formula is C16H31NO3. The van der Waals surface area contributed by atoms with Crippen LogP contribution in [0.5, 0.6) is 0 Å². The molecule has 1 heterocycles. The van der Waals surface area contributed by atoms with Gasteiger partial charge in [0.15, 0.2) is 0 Å². The summed E-state index contributed by atoms with van der Waals surface area (Å²) in [5.41, 5.74) is 5.86. The Kier molecular flexibility index (Phi) is 9.46. The van der Waals surface area contributed by atoms with Gasteiger partial charge >= 0.3 is 6.16 Å². The van der Waals surface area contributed by atoms with Crippen molar-refractivity contribution in [1.82, 2.24) is 0 Å². The molecule has 1 aliphatic rings. The van der Waals surface area contributed by atoms with E-state index in [0.29, 0.717) is 6.61 Å². The number of rotatable bonds is 11. The van der Waals surface area contributed by atoms with Gasteiger partial charge in [-0.3, -0.25) is 0 Å². The quantitative estimate of drug-likeness (QED) is 0.457. The molecule has 20 heavy (non-hydrogen) atoms. The van der Waals surface area contributed by atoms with Gasteiger partial charge in [-0.2, -0.15) is 0 Å². The highest BCUT2D eigenvalue weighted by Gasteiger charge is 2.28. The summed E-state index contributed by atoms with van der Waals surface area (Å²) in [5.74, 6) is 0. The van der Waals surface area contributed by atoms with E-state index in [9.17, 15) is 4.79 Å². The van der Waals surface area contributed by atoms with Gasteiger partial charge in [0.25, 0.3) is 0 Å². The Hall–Kier alpha value is -0.770. The number of hydrogen-bond donors (Lipinski definition) is 1. The van der Waals surface area contributed by atoms with Gasteiger partial charge in [0.2, 0.25) is 0 Å². The summed E-state index contributed by atoms with van der Waals surface area (Å²) >= 11 is 0. The lowest BCUT2D eigenvalue weighted by atomic mass is 10.0. The predicted octanol–water partition coefficient (Wildman–Crippen LogP) is 4.16. The minimum absolute atomic E-state index is 0.148. The van der Waals surface area contributed by atoms with Crippen LogP contribution in [0.25, 0.3) is 0 Å². The van der Waals surface area contributed by atoms with E-state index in [4.69, 9.17) is 15.2 Å². The zero-order valence-corrected chi connectivity index (χ0v) is 12.9. The smallest absolute Gasteiger partial charge is 0.432 e. The van der Waals surface area contributed by atoms with Crippen molar-refractivity contribution in [3.8, 4) is 0 Å². The zero-order chi connectivity index (χ0) is 14.6. The molecule has 0 spiro atoms. The van der Waals surface area contributed by atoms with Crippen molar-refractivity contribution in [3.63, 3.8) is 0 Å². The molecule has 0 amide bonds. The molecule has 0 saturated carbocycles. The van der Waals surface area contributed by atoms with Crippen LogP contribution < -0.4 is 5.73 Å². The summed E-state index contributed by atoms with van der Waals surface area (Å²) in [6.07, 6.45) is 13.3. The Labute approximate surface area is 123 Å². The fourth-order valence-electron chi connectivity index (χ4n) is 2.62. The maximum absolute atomic E-state index is 11.0. The number of carbonyl (C=O) groups is 1. The molecule has 0 aromatic carbocycles. The van der Waals surface area contributed by atoms with E-state index in [1.54, 1.807) is 0 Å². The second kappa shape index (κ2) is 11.0. The highest BCUT2D eigenvalue weighted by Crippen LogP contribution is 2.16. The number of hydrogen-bond acceptors (Lipinski definition) is 4. The lowest BCUT2D eigenvalue weighted by molar-refractivity contribution is -0.0379. The number of nitrogens with two attached hydrogens (primary N) is 1. The third-order valence-electron chi connectivity index (χ3n) is 3.96. The summed E-state index contributed by atoms with van der Waals surface area (Å²) in [4.78, 5) is 11.0. The molecule has 2 unspecified atom stereocenters. The van der Waals surface area contributed by atoms with E-state index in [0.717, 1.165) is 12.8 Å².